The van der Waals surface area contributed by atoms with Gasteiger partial charge < -0.3 is 35.6 Å². The molecular weight excluding hydrogens is 648 g/mol. The molecule has 4 heterocycles. The largest absolute Gasteiger partial charge is 0.388 e. The minimum atomic E-state index is -1.15. The number of nitrogens with one attached hydrogen (secondary N) is 4. The van der Waals surface area contributed by atoms with Gasteiger partial charge in [0.25, 0.3) is 0 Å². The Balaban J connectivity index is 1.19. The highest BCUT2D eigenvalue weighted by molar-refractivity contribution is 5.88. The van der Waals surface area contributed by atoms with Gasteiger partial charge in [-0.15, -0.1) is 0 Å². The highest BCUT2D eigenvalue weighted by atomic mass is 16.3. The first-order chi connectivity index (χ1) is 24.9. The van der Waals surface area contributed by atoms with E-state index >= 15 is 0 Å². The summed E-state index contributed by atoms with van der Waals surface area (Å²) in [6.45, 7) is 3.33. The molecule has 0 bridgehead atoms. The predicted octanol–water partition coefficient (Wildman–Crippen LogP) is 3.43. The lowest BCUT2D eigenvalue weighted by Crippen LogP contribution is -2.42. The van der Waals surface area contributed by atoms with E-state index in [9.17, 15) is 19.8 Å². The summed E-state index contributed by atoms with van der Waals surface area (Å²) in [7, 11) is 0. The average molecular weight is 691 g/mol. The van der Waals surface area contributed by atoms with Crippen LogP contribution in [0.1, 0.15) is 49.3 Å². The molecule has 1 saturated carbocycles. The molecule has 2 fully saturated rings. The molecule has 1 unspecified atom stereocenters. The van der Waals surface area contributed by atoms with Gasteiger partial charge >= 0.3 is 6.03 Å². The number of nitrogens with zero attached hydrogens (tertiary/aromatic N) is 6. The number of aliphatic hydroxyl groups is 2. The number of amides is 3. The fourth-order valence-corrected chi connectivity index (χ4v) is 6.98. The van der Waals surface area contributed by atoms with Crippen molar-refractivity contribution < 1.29 is 19.8 Å². The first-order valence-electron chi connectivity index (χ1n) is 17.3. The first-order valence-corrected chi connectivity index (χ1v) is 17.3. The third-order valence-corrected chi connectivity index (χ3v) is 9.68. The Bertz CT molecular complexity index is 1910. The molecule has 6 N–H and O–H groups in total. The number of urea groups is 1. The number of imidazole rings is 1. The van der Waals surface area contributed by atoms with Crippen LogP contribution in [-0.4, -0.2) is 90.6 Å². The third-order valence-electron chi connectivity index (χ3n) is 9.68. The van der Waals surface area contributed by atoms with Crippen LogP contribution >= 0.6 is 0 Å². The van der Waals surface area contributed by atoms with Gasteiger partial charge in [-0.1, -0.05) is 73.7 Å². The monoisotopic (exact) mass is 690 g/mol. The number of aliphatic hydroxyl groups excluding tert-OH is 2. The number of carbonyl (C=O) groups excluding carboxylic acids is 2. The fraction of sp³-hybridized carbons (Fsp3) is 0.351. The minimum absolute atomic E-state index is 0.00988. The normalized spacial score (nSPS) is 21.6. The van der Waals surface area contributed by atoms with Crippen LogP contribution in [0.25, 0.3) is 11.2 Å². The van der Waals surface area contributed by atoms with E-state index in [4.69, 9.17) is 15.0 Å². The summed E-state index contributed by atoms with van der Waals surface area (Å²) in [6.07, 6.45) is 2.17. The second-order valence-corrected chi connectivity index (χ2v) is 13.0. The zero-order chi connectivity index (χ0) is 35.3. The van der Waals surface area contributed by atoms with E-state index in [0.29, 0.717) is 61.2 Å². The molecule has 3 aromatic heterocycles. The quantitative estimate of drug-likeness (QED) is 0.120. The van der Waals surface area contributed by atoms with Crippen molar-refractivity contribution in [3.63, 3.8) is 0 Å². The Kier molecular flexibility index (Phi) is 10.0. The highest BCUT2D eigenvalue weighted by Crippen LogP contribution is 2.35. The van der Waals surface area contributed by atoms with Crippen molar-refractivity contribution in [1.29, 1.82) is 0 Å². The van der Waals surface area contributed by atoms with Gasteiger partial charge in [-0.2, -0.15) is 9.97 Å². The molecule has 7 rings (SSSR count). The van der Waals surface area contributed by atoms with E-state index in [2.05, 4.69) is 50.5 Å². The van der Waals surface area contributed by atoms with E-state index in [0.717, 1.165) is 11.1 Å². The van der Waals surface area contributed by atoms with Crippen LogP contribution in [-0.2, 0) is 4.79 Å². The molecule has 264 valence electrons. The molecule has 1 saturated heterocycles. The van der Waals surface area contributed by atoms with Gasteiger partial charge in [0.1, 0.15) is 18.0 Å². The lowest BCUT2D eigenvalue weighted by atomic mass is 9.91. The van der Waals surface area contributed by atoms with E-state index in [1.807, 2.05) is 41.3 Å². The van der Waals surface area contributed by atoms with Crippen molar-refractivity contribution in [3.05, 3.63) is 103 Å². The highest BCUT2D eigenvalue weighted by Gasteiger charge is 2.44. The molecule has 14 nitrogen and oxygen atoms in total. The minimum Gasteiger partial charge on any atom is -0.388 e. The zero-order valence-electron chi connectivity index (χ0n) is 28.3. The molecule has 0 radical (unpaired) electrons. The SMILES string of the molecule is CCC(=O)N[C@H]1CC(n2cnc3c(NCC(c4ccccc4)c4ccccc4)nc(N4CC[C@@H](NC(=O)Nc5ccccn5)C4)nc32)[C@H](O)[C@@H]1O. The van der Waals surface area contributed by atoms with Gasteiger partial charge in [0.15, 0.2) is 17.0 Å². The van der Waals surface area contributed by atoms with Gasteiger partial charge in [-0.05, 0) is 36.1 Å². The smallest absolute Gasteiger partial charge is 0.320 e. The van der Waals surface area contributed by atoms with Gasteiger partial charge in [-0.25, -0.2) is 14.8 Å². The number of rotatable bonds is 11. The summed E-state index contributed by atoms with van der Waals surface area (Å²) in [6, 6.07) is 24.1. The van der Waals surface area contributed by atoms with Crippen LogP contribution in [0.5, 0.6) is 0 Å². The number of aromatic nitrogens is 5. The van der Waals surface area contributed by atoms with Crippen molar-refractivity contribution in [3.8, 4) is 0 Å². The van der Waals surface area contributed by atoms with Gasteiger partial charge in [0.2, 0.25) is 11.9 Å². The summed E-state index contributed by atoms with van der Waals surface area (Å²) < 4.78 is 1.77. The maximum atomic E-state index is 12.7. The lowest BCUT2D eigenvalue weighted by molar-refractivity contribution is -0.122. The molecule has 3 amide bonds. The molecule has 2 aliphatic rings. The number of hydrogen-bond donors (Lipinski definition) is 6. The number of anilines is 3. The summed E-state index contributed by atoms with van der Waals surface area (Å²) in [5.41, 5.74) is 3.30. The summed E-state index contributed by atoms with van der Waals surface area (Å²) in [4.78, 5) is 45.8. The second kappa shape index (κ2) is 15.1. The maximum absolute atomic E-state index is 12.7. The summed E-state index contributed by atoms with van der Waals surface area (Å²) in [5.74, 6) is 1.24. The van der Waals surface area contributed by atoms with Crippen molar-refractivity contribution in [2.75, 3.05) is 35.2 Å². The molecule has 2 aromatic carbocycles. The topological polar surface area (TPSA) is 182 Å². The summed E-state index contributed by atoms with van der Waals surface area (Å²) >= 11 is 0. The predicted molar refractivity (Wildman–Crippen MR) is 193 cm³/mol. The average Bonchev–Trinajstić information content (AvgIpc) is 3.87. The van der Waals surface area contributed by atoms with Crippen LogP contribution in [0.3, 0.4) is 0 Å². The zero-order valence-corrected chi connectivity index (χ0v) is 28.3. The van der Waals surface area contributed by atoms with Crippen LogP contribution in [0.4, 0.5) is 22.4 Å². The molecule has 1 aliphatic heterocycles. The Morgan fingerprint density at radius 1 is 0.902 bits per heavy atom. The van der Waals surface area contributed by atoms with Crippen LogP contribution in [0, 0.1) is 0 Å². The molecule has 5 aromatic rings. The van der Waals surface area contributed by atoms with Gasteiger partial charge in [-0.3, -0.25) is 10.1 Å². The van der Waals surface area contributed by atoms with Crippen molar-refractivity contribution in [2.45, 2.75) is 62.4 Å². The maximum Gasteiger partial charge on any atom is 0.320 e. The molecule has 51 heavy (non-hydrogen) atoms. The summed E-state index contributed by atoms with van der Waals surface area (Å²) in [5, 5.41) is 34.3. The number of fused-ring (bicyclic) bond motifs is 1. The Labute approximate surface area is 295 Å². The Hall–Kier alpha value is -5.60. The molecule has 1 aliphatic carbocycles. The standard InChI is InChI=1S/C37H42N10O4/c1-2-30(48)42-27-19-28(33(50)32(27)49)47-22-40-31-34(39-20-26(23-11-5-3-6-12-23)24-13-7-4-8-14-24)44-36(45-35(31)47)46-18-16-25(21-46)41-37(51)43-29-15-9-10-17-38-29/h3-15,17,22,25-28,32-33,49-50H,2,16,18-21H2,1H3,(H,42,48)(H,39,44,45)(H2,38,41,43,51)/t25-,27+,28?,32-,33+/m1/s1. The Morgan fingerprint density at radius 2 is 1.63 bits per heavy atom. The van der Waals surface area contributed by atoms with Crippen molar-refractivity contribution in [1.82, 2.24) is 35.1 Å². The van der Waals surface area contributed by atoms with Crippen LogP contribution in [0.15, 0.2) is 91.4 Å². The lowest BCUT2D eigenvalue weighted by Gasteiger charge is -2.22. The van der Waals surface area contributed by atoms with E-state index in [1.54, 1.807) is 42.2 Å². The number of carbonyl (C=O) groups is 2. The van der Waals surface area contributed by atoms with E-state index < -0.39 is 24.3 Å². The third kappa shape index (κ3) is 7.47. The fourth-order valence-electron chi connectivity index (χ4n) is 6.98. The van der Waals surface area contributed by atoms with Crippen molar-refractivity contribution >= 4 is 40.7 Å². The van der Waals surface area contributed by atoms with Gasteiger partial charge in [0, 0.05) is 44.2 Å². The number of hydrogen-bond acceptors (Lipinski definition) is 10. The number of pyridine rings is 1. The van der Waals surface area contributed by atoms with Crippen molar-refractivity contribution in [2.24, 2.45) is 0 Å². The molecule has 5 atom stereocenters. The number of benzene rings is 2. The molecule has 0 spiro atoms. The van der Waals surface area contributed by atoms with E-state index in [-0.39, 0.29) is 30.3 Å². The second-order valence-electron chi connectivity index (χ2n) is 13.0. The van der Waals surface area contributed by atoms with Crippen LogP contribution in [0.2, 0.25) is 0 Å². The van der Waals surface area contributed by atoms with Crippen LogP contribution < -0.4 is 26.2 Å². The molecule has 14 heteroatoms. The van der Waals surface area contributed by atoms with Gasteiger partial charge in [0.05, 0.1) is 18.4 Å². The van der Waals surface area contributed by atoms with E-state index in [1.165, 1.54) is 0 Å². The first kappa shape index (κ1) is 33.9. The molecular formula is C37H42N10O4. The Morgan fingerprint density at radius 3 is 2.31 bits per heavy atom.